The molecule has 1 aliphatic heterocycles. The van der Waals surface area contributed by atoms with Crippen LogP contribution in [0.3, 0.4) is 0 Å². The van der Waals surface area contributed by atoms with Crippen LogP contribution in [0, 0.1) is 5.41 Å². The second kappa shape index (κ2) is 5.55. The maximum absolute atomic E-state index is 11.5. The molecule has 1 amide bonds. The van der Waals surface area contributed by atoms with Crippen LogP contribution in [-0.4, -0.2) is 53.9 Å². The van der Waals surface area contributed by atoms with E-state index in [1.807, 2.05) is 0 Å². The summed E-state index contributed by atoms with van der Waals surface area (Å²) < 4.78 is 5.93. The van der Waals surface area contributed by atoms with Crippen molar-refractivity contribution in [2.75, 3.05) is 13.6 Å². The van der Waals surface area contributed by atoms with Crippen LogP contribution in [0.2, 0.25) is 0 Å². The molecule has 1 rings (SSSR count). The number of likely N-dealkylation sites (N-methyl/N-ethyl adjacent to an activating group) is 1. The molecular weight excluding hydrogens is 232 g/mol. The molecule has 0 aromatic heterocycles. The number of aliphatic hydroxyl groups excluding tert-OH is 1. The molecule has 1 heterocycles. The van der Waals surface area contributed by atoms with Crippen LogP contribution in [0.5, 0.6) is 0 Å². The topological polar surface area (TPSA) is 75.8 Å². The van der Waals surface area contributed by atoms with Gasteiger partial charge in [0, 0.05) is 20.5 Å². The van der Waals surface area contributed by atoms with Crippen LogP contribution < -0.4 is 5.73 Å². The maximum Gasteiger partial charge on any atom is 0.219 e. The molecule has 0 saturated carbocycles. The average molecular weight is 258 g/mol. The summed E-state index contributed by atoms with van der Waals surface area (Å²) in [6.45, 7) is 8.04. The van der Waals surface area contributed by atoms with Crippen molar-refractivity contribution in [1.82, 2.24) is 4.90 Å². The highest BCUT2D eigenvalue weighted by atomic mass is 16.5. The van der Waals surface area contributed by atoms with E-state index in [0.29, 0.717) is 13.0 Å². The maximum atomic E-state index is 11.5. The van der Waals surface area contributed by atoms with Crippen molar-refractivity contribution in [3.8, 4) is 0 Å². The van der Waals surface area contributed by atoms with E-state index < -0.39 is 6.10 Å². The summed E-state index contributed by atoms with van der Waals surface area (Å²) in [6.07, 6.45) is -0.561. The Kier molecular flexibility index (Phi) is 4.75. The van der Waals surface area contributed by atoms with E-state index in [1.165, 1.54) is 6.92 Å². The molecular formula is C13H26N2O3. The van der Waals surface area contributed by atoms with E-state index in [4.69, 9.17) is 10.5 Å². The summed E-state index contributed by atoms with van der Waals surface area (Å²) in [5.41, 5.74) is 5.51. The molecule has 0 aliphatic carbocycles. The van der Waals surface area contributed by atoms with E-state index in [9.17, 15) is 9.90 Å². The molecule has 5 nitrogen and oxygen atoms in total. The SMILES string of the molecule is CC(=O)N(C)C1CC(O)C(CN)O[C@H]1C(C)(C)C. The van der Waals surface area contributed by atoms with Crippen LogP contribution in [0.25, 0.3) is 0 Å². The fraction of sp³-hybridized carbons (Fsp3) is 0.923. The Bertz CT molecular complexity index is 301. The number of hydrogen-bond acceptors (Lipinski definition) is 4. The van der Waals surface area contributed by atoms with Crippen LogP contribution in [0.4, 0.5) is 0 Å². The summed E-state index contributed by atoms with van der Waals surface area (Å²) >= 11 is 0. The fourth-order valence-electron chi connectivity index (χ4n) is 2.48. The third-order valence-corrected chi connectivity index (χ3v) is 3.66. The molecule has 0 bridgehead atoms. The molecule has 0 aromatic rings. The van der Waals surface area contributed by atoms with Gasteiger partial charge in [0.25, 0.3) is 0 Å². The van der Waals surface area contributed by atoms with E-state index in [2.05, 4.69) is 20.8 Å². The molecule has 1 fully saturated rings. The normalized spacial score (nSPS) is 33.3. The average Bonchev–Trinajstić information content (AvgIpc) is 2.25. The van der Waals surface area contributed by atoms with Crippen molar-refractivity contribution >= 4 is 5.91 Å². The lowest BCUT2D eigenvalue weighted by molar-refractivity contribution is -0.181. The number of rotatable bonds is 2. The van der Waals surface area contributed by atoms with Crippen LogP contribution in [0.15, 0.2) is 0 Å². The molecule has 1 saturated heterocycles. The van der Waals surface area contributed by atoms with Gasteiger partial charge in [0.2, 0.25) is 5.91 Å². The predicted octanol–water partition coefficient (Wildman–Crippen LogP) is 0.357. The Morgan fingerprint density at radius 1 is 1.50 bits per heavy atom. The van der Waals surface area contributed by atoms with Gasteiger partial charge in [-0.1, -0.05) is 20.8 Å². The van der Waals surface area contributed by atoms with Gasteiger partial charge >= 0.3 is 0 Å². The number of hydrogen-bond donors (Lipinski definition) is 2. The van der Waals surface area contributed by atoms with Crippen molar-refractivity contribution in [3.63, 3.8) is 0 Å². The molecule has 5 heteroatoms. The minimum atomic E-state index is -0.611. The second-order valence-electron chi connectivity index (χ2n) is 6.20. The van der Waals surface area contributed by atoms with E-state index in [0.717, 1.165) is 0 Å². The summed E-state index contributed by atoms with van der Waals surface area (Å²) in [7, 11) is 1.75. The molecule has 0 spiro atoms. The van der Waals surface area contributed by atoms with Gasteiger partial charge in [0.1, 0.15) is 0 Å². The highest BCUT2D eigenvalue weighted by Gasteiger charge is 2.44. The quantitative estimate of drug-likeness (QED) is 0.749. The minimum absolute atomic E-state index is 0.0174. The van der Waals surface area contributed by atoms with Gasteiger partial charge in [-0.2, -0.15) is 0 Å². The van der Waals surface area contributed by atoms with E-state index in [1.54, 1.807) is 11.9 Å². The molecule has 3 N–H and O–H groups in total. The molecule has 0 aromatic carbocycles. The second-order valence-corrected chi connectivity index (χ2v) is 6.20. The standard InChI is InChI=1S/C13H26N2O3/c1-8(16)15(5)9-6-10(17)11(7-14)18-12(9)13(2,3)4/h9-12,17H,6-7,14H2,1-5H3/t9?,10?,11?,12-/m1/s1. The van der Waals surface area contributed by atoms with Gasteiger partial charge in [-0.05, 0) is 11.8 Å². The third-order valence-electron chi connectivity index (χ3n) is 3.66. The summed E-state index contributed by atoms with van der Waals surface area (Å²) in [5, 5.41) is 10.0. The Balaban J connectivity index is 2.95. The molecule has 3 unspecified atom stereocenters. The first-order valence-electron chi connectivity index (χ1n) is 6.45. The first kappa shape index (κ1) is 15.4. The van der Waals surface area contributed by atoms with Gasteiger partial charge in [-0.15, -0.1) is 0 Å². The molecule has 1 aliphatic rings. The van der Waals surface area contributed by atoms with Crippen LogP contribution >= 0.6 is 0 Å². The lowest BCUT2D eigenvalue weighted by atomic mass is 9.79. The number of amides is 1. The van der Waals surface area contributed by atoms with Crippen LogP contribution in [-0.2, 0) is 9.53 Å². The van der Waals surface area contributed by atoms with Crippen LogP contribution in [0.1, 0.15) is 34.1 Å². The highest BCUT2D eigenvalue weighted by Crippen LogP contribution is 2.34. The van der Waals surface area contributed by atoms with Gasteiger partial charge in [0.05, 0.1) is 24.4 Å². The summed E-state index contributed by atoms with van der Waals surface area (Å²) in [5.74, 6) is -0.0174. The number of ether oxygens (including phenoxy) is 1. The van der Waals surface area contributed by atoms with Crippen molar-refractivity contribution in [2.45, 2.75) is 58.5 Å². The number of nitrogens with zero attached hydrogens (tertiary/aromatic N) is 1. The Morgan fingerprint density at radius 3 is 2.44 bits per heavy atom. The zero-order valence-corrected chi connectivity index (χ0v) is 12.0. The first-order chi connectivity index (χ1) is 8.18. The lowest BCUT2D eigenvalue weighted by Crippen LogP contribution is -2.59. The van der Waals surface area contributed by atoms with Gasteiger partial charge in [-0.25, -0.2) is 0 Å². The zero-order chi connectivity index (χ0) is 14.1. The van der Waals surface area contributed by atoms with Crippen molar-refractivity contribution in [2.24, 2.45) is 11.1 Å². The smallest absolute Gasteiger partial charge is 0.219 e. The fourth-order valence-corrected chi connectivity index (χ4v) is 2.48. The summed E-state index contributed by atoms with van der Waals surface area (Å²) in [4.78, 5) is 13.2. The third kappa shape index (κ3) is 3.22. The minimum Gasteiger partial charge on any atom is -0.390 e. The summed E-state index contributed by atoms with van der Waals surface area (Å²) in [6, 6.07) is -0.111. The number of aliphatic hydroxyl groups is 1. The van der Waals surface area contributed by atoms with Crippen molar-refractivity contribution in [3.05, 3.63) is 0 Å². The lowest BCUT2D eigenvalue weighted by Gasteiger charge is -2.48. The Hall–Kier alpha value is -0.650. The predicted molar refractivity (Wildman–Crippen MR) is 70.0 cm³/mol. The number of carbonyl (C=O) groups is 1. The largest absolute Gasteiger partial charge is 0.390 e. The first-order valence-corrected chi connectivity index (χ1v) is 6.45. The van der Waals surface area contributed by atoms with Crippen molar-refractivity contribution in [1.29, 1.82) is 0 Å². The molecule has 18 heavy (non-hydrogen) atoms. The molecule has 4 atom stereocenters. The number of nitrogens with two attached hydrogens (primary N) is 1. The highest BCUT2D eigenvalue weighted by molar-refractivity contribution is 5.73. The van der Waals surface area contributed by atoms with Gasteiger partial charge in [-0.3, -0.25) is 4.79 Å². The van der Waals surface area contributed by atoms with E-state index >= 15 is 0 Å². The van der Waals surface area contributed by atoms with Gasteiger partial charge in [0.15, 0.2) is 0 Å². The van der Waals surface area contributed by atoms with Crippen molar-refractivity contribution < 1.29 is 14.6 Å². The van der Waals surface area contributed by atoms with Gasteiger partial charge < -0.3 is 20.5 Å². The Labute approximate surface area is 109 Å². The number of carbonyl (C=O) groups excluding carboxylic acids is 1. The Morgan fingerprint density at radius 2 is 2.06 bits per heavy atom. The molecule has 106 valence electrons. The molecule has 0 radical (unpaired) electrons. The monoisotopic (exact) mass is 258 g/mol. The zero-order valence-electron chi connectivity index (χ0n) is 12.0. The van der Waals surface area contributed by atoms with E-state index in [-0.39, 0.29) is 29.6 Å².